The Kier molecular flexibility index (Phi) is 14.8. The van der Waals surface area contributed by atoms with Gasteiger partial charge in [0.25, 0.3) is 5.69 Å². The lowest BCUT2D eigenvalue weighted by molar-refractivity contribution is -0.384. The number of hydrogen-bond acceptors (Lipinski definition) is 5. The maximum Gasteiger partial charge on any atom is 0.269 e. The molecule has 0 saturated carbocycles. The fourth-order valence-corrected chi connectivity index (χ4v) is 5.05. The molecule has 0 bridgehead atoms. The molecule has 0 aliphatic carbocycles. The van der Waals surface area contributed by atoms with E-state index in [0.29, 0.717) is 12.3 Å². The number of ether oxygens (including phenoxy) is 1. The van der Waals surface area contributed by atoms with E-state index in [1.54, 1.807) is 12.1 Å². The summed E-state index contributed by atoms with van der Waals surface area (Å²) < 4.78 is 6.16. The van der Waals surface area contributed by atoms with Gasteiger partial charge in [0.15, 0.2) is 0 Å². The standard InChI is InChI=1S/C34H47N3O3/c1-2-3-4-5-6-7-8-9-10-11-12-13-14-15-16-19-28-40-34-27-26-33(31-20-17-18-21-32(31)34)36-35-29-22-24-30(25-23-29)37(38)39/h17-18,20-27H,2-16,19,28H2,1H3. The third kappa shape index (κ3) is 11.4. The highest BCUT2D eigenvalue weighted by molar-refractivity contribution is 5.96. The number of fused-ring (bicyclic) bond motifs is 1. The number of non-ortho nitro benzene ring substituents is 1. The molecule has 0 amide bonds. The third-order valence-electron chi connectivity index (χ3n) is 7.45. The van der Waals surface area contributed by atoms with Gasteiger partial charge in [-0.15, -0.1) is 5.11 Å². The van der Waals surface area contributed by atoms with E-state index in [1.165, 1.54) is 108 Å². The average Bonchev–Trinajstić information content (AvgIpc) is 2.98. The number of nitrogens with zero attached hydrogens (tertiary/aromatic N) is 3. The molecular weight excluding hydrogens is 498 g/mol. The van der Waals surface area contributed by atoms with Gasteiger partial charge in [0.1, 0.15) is 5.75 Å². The van der Waals surface area contributed by atoms with Crippen LogP contribution in [0.25, 0.3) is 10.8 Å². The zero-order valence-corrected chi connectivity index (χ0v) is 24.4. The number of unbranched alkanes of at least 4 members (excludes halogenated alkanes) is 15. The van der Waals surface area contributed by atoms with Gasteiger partial charge in [-0.1, -0.05) is 128 Å². The summed E-state index contributed by atoms with van der Waals surface area (Å²) in [5, 5.41) is 21.5. The first kappa shape index (κ1) is 31.3. The summed E-state index contributed by atoms with van der Waals surface area (Å²) in [5.74, 6) is 0.867. The Labute approximate surface area is 240 Å². The van der Waals surface area contributed by atoms with Crippen LogP contribution in [0.5, 0.6) is 5.75 Å². The molecule has 40 heavy (non-hydrogen) atoms. The van der Waals surface area contributed by atoms with E-state index >= 15 is 0 Å². The lowest BCUT2D eigenvalue weighted by Crippen LogP contribution is -1.98. The van der Waals surface area contributed by atoms with Gasteiger partial charge in [0, 0.05) is 22.9 Å². The Morgan fingerprint density at radius 2 is 1.15 bits per heavy atom. The molecule has 0 atom stereocenters. The van der Waals surface area contributed by atoms with Crippen LogP contribution < -0.4 is 4.74 Å². The van der Waals surface area contributed by atoms with Crippen LogP contribution in [0.2, 0.25) is 0 Å². The zero-order valence-electron chi connectivity index (χ0n) is 24.4. The van der Waals surface area contributed by atoms with Crippen molar-refractivity contribution in [3.8, 4) is 5.75 Å². The van der Waals surface area contributed by atoms with Gasteiger partial charge >= 0.3 is 0 Å². The predicted molar refractivity (Wildman–Crippen MR) is 166 cm³/mol. The van der Waals surface area contributed by atoms with Crippen molar-refractivity contribution in [1.82, 2.24) is 0 Å². The normalized spacial score (nSPS) is 11.4. The fraction of sp³-hybridized carbons (Fsp3) is 0.529. The Balaban J connectivity index is 1.30. The van der Waals surface area contributed by atoms with Crippen molar-refractivity contribution in [1.29, 1.82) is 0 Å². The Morgan fingerprint density at radius 3 is 1.70 bits per heavy atom. The molecule has 0 fully saturated rings. The first-order valence-electron chi connectivity index (χ1n) is 15.5. The van der Waals surface area contributed by atoms with E-state index in [1.807, 2.05) is 36.4 Å². The van der Waals surface area contributed by atoms with Crippen molar-refractivity contribution in [2.24, 2.45) is 10.2 Å². The summed E-state index contributed by atoms with van der Waals surface area (Å²) in [6.07, 6.45) is 21.7. The Bertz CT molecular complexity index is 1160. The van der Waals surface area contributed by atoms with Crippen LogP contribution in [0, 0.1) is 10.1 Å². The Morgan fingerprint density at radius 1 is 0.625 bits per heavy atom. The summed E-state index contributed by atoms with van der Waals surface area (Å²) in [4.78, 5) is 10.4. The molecule has 0 spiro atoms. The van der Waals surface area contributed by atoms with Gasteiger partial charge < -0.3 is 4.74 Å². The first-order chi connectivity index (χ1) is 19.7. The van der Waals surface area contributed by atoms with Gasteiger partial charge in [-0.3, -0.25) is 10.1 Å². The van der Waals surface area contributed by atoms with Crippen LogP contribution in [0.1, 0.15) is 110 Å². The second kappa shape index (κ2) is 18.9. The number of nitro groups is 1. The van der Waals surface area contributed by atoms with E-state index < -0.39 is 4.92 Å². The zero-order chi connectivity index (χ0) is 28.3. The van der Waals surface area contributed by atoms with Crippen molar-refractivity contribution in [3.05, 3.63) is 70.8 Å². The van der Waals surface area contributed by atoms with Crippen molar-refractivity contribution in [3.63, 3.8) is 0 Å². The van der Waals surface area contributed by atoms with Crippen LogP contribution in [-0.4, -0.2) is 11.5 Å². The van der Waals surface area contributed by atoms with E-state index in [4.69, 9.17) is 4.74 Å². The van der Waals surface area contributed by atoms with E-state index in [0.717, 1.165) is 28.6 Å². The molecule has 3 rings (SSSR count). The summed E-state index contributed by atoms with van der Waals surface area (Å²) in [6.45, 7) is 3.00. The number of benzene rings is 3. The van der Waals surface area contributed by atoms with E-state index in [2.05, 4.69) is 17.2 Å². The minimum absolute atomic E-state index is 0.0373. The molecule has 6 nitrogen and oxygen atoms in total. The maximum atomic E-state index is 10.8. The molecule has 0 heterocycles. The molecule has 3 aromatic rings. The summed E-state index contributed by atoms with van der Waals surface area (Å²) in [7, 11) is 0. The summed E-state index contributed by atoms with van der Waals surface area (Å²) >= 11 is 0. The Hall–Kier alpha value is -3.28. The molecule has 0 unspecified atom stereocenters. The molecule has 0 aliphatic rings. The van der Waals surface area contributed by atoms with Crippen LogP contribution in [0.4, 0.5) is 17.1 Å². The molecule has 0 N–H and O–H groups in total. The smallest absolute Gasteiger partial charge is 0.269 e. The largest absolute Gasteiger partial charge is 0.493 e. The SMILES string of the molecule is CCCCCCCCCCCCCCCCCCOc1ccc(N=Nc2ccc([N+](=O)[O-])cc2)c2ccccc12. The summed E-state index contributed by atoms with van der Waals surface area (Å²) in [5.41, 5.74) is 1.34. The second-order valence-corrected chi connectivity index (χ2v) is 10.8. The molecule has 0 aromatic heterocycles. The van der Waals surface area contributed by atoms with Gasteiger partial charge in [-0.05, 0) is 30.7 Å². The van der Waals surface area contributed by atoms with Crippen molar-refractivity contribution in [2.75, 3.05) is 6.61 Å². The quantitative estimate of drug-likeness (QED) is 0.0578. The number of rotatable bonds is 21. The van der Waals surface area contributed by atoms with Gasteiger partial charge in [0.2, 0.25) is 0 Å². The molecule has 3 aromatic carbocycles. The molecule has 0 aliphatic heterocycles. The van der Waals surface area contributed by atoms with E-state index in [9.17, 15) is 10.1 Å². The molecule has 0 radical (unpaired) electrons. The van der Waals surface area contributed by atoms with Crippen LogP contribution >= 0.6 is 0 Å². The summed E-state index contributed by atoms with van der Waals surface area (Å²) in [6, 6.07) is 18.0. The maximum absolute atomic E-state index is 10.8. The highest BCUT2D eigenvalue weighted by Crippen LogP contribution is 2.34. The molecule has 0 saturated heterocycles. The molecular formula is C34H47N3O3. The number of hydrogen-bond donors (Lipinski definition) is 0. The van der Waals surface area contributed by atoms with E-state index in [-0.39, 0.29) is 5.69 Å². The topological polar surface area (TPSA) is 77.1 Å². The minimum Gasteiger partial charge on any atom is -0.493 e. The van der Waals surface area contributed by atoms with Gasteiger partial charge in [0.05, 0.1) is 22.9 Å². The predicted octanol–water partition coefficient (Wildman–Crippen LogP) is 11.8. The number of azo groups is 1. The monoisotopic (exact) mass is 545 g/mol. The van der Waals surface area contributed by atoms with Crippen LogP contribution in [0.15, 0.2) is 70.9 Å². The van der Waals surface area contributed by atoms with Crippen LogP contribution in [0.3, 0.4) is 0 Å². The first-order valence-corrected chi connectivity index (χ1v) is 15.5. The number of nitro benzene ring substituents is 1. The van der Waals surface area contributed by atoms with Gasteiger partial charge in [-0.25, -0.2) is 0 Å². The van der Waals surface area contributed by atoms with Crippen LogP contribution in [-0.2, 0) is 0 Å². The van der Waals surface area contributed by atoms with Gasteiger partial charge in [-0.2, -0.15) is 5.11 Å². The molecule has 6 heteroatoms. The highest BCUT2D eigenvalue weighted by Gasteiger charge is 2.07. The second-order valence-electron chi connectivity index (χ2n) is 10.8. The highest BCUT2D eigenvalue weighted by atomic mass is 16.6. The lowest BCUT2D eigenvalue weighted by atomic mass is 10.0. The minimum atomic E-state index is -0.423. The molecule has 216 valence electrons. The average molecular weight is 546 g/mol. The van der Waals surface area contributed by atoms with Crippen molar-refractivity contribution in [2.45, 2.75) is 110 Å². The fourth-order valence-electron chi connectivity index (χ4n) is 5.05. The third-order valence-corrected chi connectivity index (χ3v) is 7.45. The van der Waals surface area contributed by atoms with Crippen molar-refractivity contribution >= 4 is 27.8 Å². The van der Waals surface area contributed by atoms with Crippen molar-refractivity contribution < 1.29 is 9.66 Å². The lowest BCUT2D eigenvalue weighted by Gasteiger charge is -2.11.